The summed E-state index contributed by atoms with van der Waals surface area (Å²) < 4.78 is 26.7. The maximum absolute atomic E-state index is 15.0. The third-order valence-corrected chi connectivity index (χ3v) is 13.0. The summed E-state index contributed by atoms with van der Waals surface area (Å²) in [7, 11) is 0. The second-order valence-electron chi connectivity index (χ2n) is 17.4. The first-order valence-corrected chi connectivity index (χ1v) is 23.6. The maximum Gasteiger partial charge on any atom is 0.269 e. The molecule has 0 radical (unpaired) electrons. The zero-order chi connectivity index (χ0) is 48.6. The molecule has 0 bridgehead atoms. The third kappa shape index (κ3) is 12.2. The number of aliphatic hydroxyl groups is 3. The number of amides is 1. The van der Waals surface area contributed by atoms with Crippen LogP contribution in [0.1, 0.15) is 77.9 Å². The van der Waals surface area contributed by atoms with Gasteiger partial charge in [-0.1, -0.05) is 72.6 Å². The fraction of sp³-hybridized carbons (Fsp3) is 0.389. The number of carbonyl (C=O) groups excluding carboxylic acids is 2. The molecule has 1 saturated carbocycles. The van der Waals surface area contributed by atoms with Crippen molar-refractivity contribution in [3.8, 4) is 17.2 Å². The van der Waals surface area contributed by atoms with Crippen LogP contribution in [-0.2, 0) is 25.7 Å². The number of allylic oxidation sites excluding steroid dienone is 1. The number of benzene rings is 4. The zero-order valence-corrected chi connectivity index (χ0v) is 38.7. The van der Waals surface area contributed by atoms with Gasteiger partial charge in [0.05, 0.1) is 43.0 Å². The Morgan fingerprint density at radius 2 is 1.67 bits per heavy atom. The van der Waals surface area contributed by atoms with Crippen molar-refractivity contribution >= 4 is 29.7 Å². The summed E-state index contributed by atoms with van der Waals surface area (Å²) >= 11 is 0. The first-order valence-electron chi connectivity index (χ1n) is 23.6. The zero-order valence-electron chi connectivity index (χ0n) is 38.7. The van der Waals surface area contributed by atoms with Crippen molar-refractivity contribution in [1.29, 1.82) is 0 Å². The van der Waals surface area contributed by atoms with E-state index in [0.29, 0.717) is 46.9 Å². The van der Waals surface area contributed by atoms with Crippen LogP contribution in [0, 0.1) is 27.9 Å². The summed E-state index contributed by atoms with van der Waals surface area (Å²) in [4.78, 5) is 45.5. The van der Waals surface area contributed by atoms with Crippen LogP contribution in [0.25, 0.3) is 6.08 Å². The summed E-state index contributed by atoms with van der Waals surface area (Å²) in [5, 5.41) is 46.0. The molecule has 6 atom stereocenters. The maximum atomic E-state index is 15.0. The lowest BCUT2D eigenvalue weighted by atomic mass is 9.55. The van der Waals surface area contributed by atoms with Gasteiger partial charge in [0.2, 0.25) is 11.7 Å². The van der Waals surface area contributed by atoms with Gasteiger partial charge in [0.25, 0.3) is 5.69 Å². The van der Waals surface area contributed by atoms with Gasteiger partial charge in [-0.25, -0.2) is 0 Å². The molecule has 4 aromatic rings. The van der Waals surface area contributed by atoms with Crippen molar-refractivity contribution in [3.05, 3.63) is 160 Å². The summed E-state index contributed by atoms with van der Waals surface area (Å²) in [6, 6.07) is 27.2. The molecule has 1 aliphatic heterocycles. The molecule has 0 spiro atoms. The van der Waals surface area contributed by atoms with Gasteiger partial charge in [-0.3, -0.25) is 19.7 Å². The van der Waals surface area contributed by atoms with Crippen LogP contribution < -0.4 is 9.47 Å². The van der Waals surface area contributed by atoms with E-state index >= 15 is 0 Å². The number of nitrogens with zero attached hydrogens (tertiary/aromatic N) is 3. The van der Waals surface area contributed by atoms with E-state index in [-0.39, 0.29) is 82.7 Å². The minimum absolute atomic E-state index is 0.0199. The van der Waals surface area contributed by atoms with Gasteiger partial charge in [0, 0.05) is 61.4 Å². The van der Waals surface area contributed by atoms with Gasteiger partial charge >= 0.3 is 0 Å². The Morgan fingerprint density at radius 1 is 0.899 bits per heavy atom. The van der Waals surface area contributed by atoms with E-state index in [0.717, 1.165) is 48.7 Å². The van der Waals surface area contributed by atoms with E-state index in [1.54, 1.807) is 59.5 Å². The van der Waals surface area contributed by atoms with E-state index in [1.165, 1.54) is 18.2 Å². The van der Waals surface area contributed by atoms with E-state index in [2.05, 4.69) is 12.7 Å². The van der Waals surface area contributed by atoms with Crippen LogP contribution in [0.3, 0.4) is 0 Å². The lowest BCUT2D eigenvalue weighted by molar-refractivity contribution is -0.384. The number of nitro benzene ring substituents is 1. The molecule has 3 aliphatic rings. The standard InChI is InChI=1S/C54H61N3O12/c1-2-29-66-54-50(56(25-30-65-31-28-60)51(62)24-19-38-17-20-42(21-18-38)57(63)64)35-48(55-67-37-39-11-4-3-5-12-39)46-33-41(14-6-8-26-58)45(16-7-9-27-59)52(53(46)54)47-34-44(22-23-49(47)69-54)68-43-15-10-13-40(32-43)36-61/h2-5,10-13,15,17-24,32-34,36,41,45,50,52-53,58-60H,1,6-9,14,16,25-31,35,37H2. The Balaban J connectivity index is 1.43. The molecule has 7 rings (SSSR count). The topological polar surface area (TPSA) is 200 Å². The minimum atomic E-state index is -1.57. The number of nitro groups is 1. The molecule has 364 valence electrons. The third-order valence-electron chi connectivity index (χ3n) is 13.0. The Hall–Kier alpha value is -6.49. The highest BCUT2D eigenvalue weighted by Gasteiger charge is 2.65. The van der Waals surface area contributed by atoms with Crippen LogP contribution in [0.5, 0.6) is 17.2 Å². The molecule has 0 aromatic heterocycles. The highest BCUT2D eigenvalue weighted by molar-refractivity contribution is 6.03. The normalized spacial score (nSPS) is 21.9. The number of unbranched alkanes of at least 4 members (excludes halogenated alkanes) is 2. The van der Waals surface area contributed by atoms with Crippen molar-refractivity contribution in [2.24, 2.45) is 22.9 Å². The van der Waals surface area contributed by atoms with Gasteiger partial charge < -0.3 is 44.0 Å². The number of aliphatic hydroxyl groups excluding tert-OH is 3. The first-order chi connectivity index (χ1) is 33.7. The Bertz CT molecular complexity index is 2460. The number of hydrogen-bond donors (Lipinski definition) is 3. The number of hydrogen-bond acceptors (Lipinski definition) is 13. The Labute approximate surface area is 402 Å². The largest absolute Gasteiger partial charge is 0.459 e. The molecule has 4 aromatic carbocycles. The van der Waals surface area contributed by atoms with Gasteiger partial charge in [0.1, 0.15) is 36.2 Å². The summed E-state index contributed by atoms with van der Waals surface area (Å²) in [6.45, 7) is 4.26. The number of aldehydes is 1. The van der Waals surface area contributed by atoms with Gasteiger partial charge in [0.15, 0.2) is 0 Å². The predicted molar refractivity (Wildman–Crippen MR) is 260 cm³/mol. The van der Waals surface area contributed by atoms with E-state index < -0.39 is 28.6 Å². The monoisotopic (exact) mass is 943 g/mol. The molecule has 69 heavy (non-hydrogen) atoms. The van der Waals surface area contributed by atoms with E-state index in [9.17, 15) is 35.0 Å². The van der Waals surface area contributed by atoms with Gasteiger partial charge in [-0.05, 0) is 103 Å². The first kappa shape index (κ1) is 50.4. The van der Waals surface area contributed by atoms with Crippen molar-refractivity contribution in [3.63, 3.8) is 0 Å². The SMILES string of the molecule is C=CCOC12Oc3ccc(Oc4cccc(C=O)c4)cc3C3C(CCCCO)C(CCCCO)C=C(C(=NOCc4ccccc4)CC1N(CCOCCO)C(=O)C=Cc1ccc([N+](=O)[O-])cc1)C32. The molecule has 1 fully saturated rings. The average molecular weight is 944 g/mol. The summed E-state index contributed by atoms with van der Waals surface area (Å²) in [5.41, 5.74) is 4.16. The highest BCUT2D eigenvalue weighted by Crippen LogP contribution is 2.62. The number of oxime groups is 1. The average Bonchev–Trinajstić information content (AvgIpc) is 3.37. The molecule has 6 unspecified atom stereocenters. The number of rotatable bonds is 26. The lowest BCUT2D eigenvalue weighted by Crippen LogP contribution is -2.70. The quantitative estimate of drug-likeness (QED) is 0.0136. The molecule has 3 N–H and O–H groups in total. The number of non-ortho nitro benzene ring substituents is 1. The predicted octanol–water partition coefficient (Wildman–Crippen LogP) is 8.58. The molecule has 15 nitrogen and oxygen atoms in total. The van der Waals surface area contributed by atoms with Crippen molar-refractivity contribution in [2.45, 2.75) is 69.3 Å². The fourth-order valence-electron chi connectivity index (χ4n) is 9.98. The molecular formula is C54H61N3O12. The van der Waals surface area contributed by atoms with Gasteiger partial charge in [-0.2, -0.15) is 0 Å². The van der Waals surface area contributed by atoms with Crippen molar-refractivity contribution < 1.29 is 53.6 Å². The van der Waals surface area contributed by atoms with Crippen LogP contribution in [0.15, 0.2) is 133 Å². The van der Waals surface area contributed by atoms with E-state index in [1.807, 2.05) is 42.5 Å². The van der Waals surface area contributed by atoms with Crippen molar-refractivity contribution in [1.82, 2.24) is 4.90 Å². The van der Waals surface area contributed by atoms with Crippen LogP contribution >= 0.6 is 0 Å². The Morgan fingerprint density at radius 3 is 2.39 bits per heavy atom. The molecule has 0 saturated heterocycles. The molecule has 1 amide bonds. The van der Waals surface area contributed by atoms with E-state index in [4.69, 9.17) is 28.9 Å². The second-order valence-corrected chi connectivity index (χ2v) is 17.4. The van der Waals surface area contributed by atoms with Gasteiger partial charge in [-0.15, -0.1) is 6.58 Å². The highest BCUT2D eigenvalue weighted by atomic mass is 16.7. The van der Waals surface area contributed by atoms with Crippen molar-refractivity contribution in [2.75, 3.05) is 46.2 Å². The molecule has 15 heteroatoms. The lowest BCUT2D eigenvalue weighted by Gasteiger charge is -2.60. The van der Waals surface area contributed by atoms with Crippen LogP contribution in [0.4, 0.5) is 5.69 Å². The number of carbonyl (C=O) groups is 2. The second kappa shape index (κ2) is 24.7. The minimum Gasteiger partial charge on any atom is -0.459 e. The molecule has 1 heterocycles. The fourth-order valence-corrected chi connectivity index (χ4v) is 9.98. The smallest absolute Gasteiger partial charge is 0.269 e. The van der Waals surface area contributed by atoms with Crippen LogP contribution in [0.2, 0.25) is 0 Å². The number of fused-ring (bicyclic) bond motifs is 2. The summed E-state index contributed by atoms with van der Waals surface area (Å²) in [6.07, 6.45) is 12.0. The Kier molecular flexibility index (Phi) is 18.0. The summed E-state index contributed by atoms with van der Waals surface area (Å²) in [5.74, 6) is -1.52. The number of ether oxygens (including phenoxy) is 4. The van der Waals surface area contributed by atoms with Crippen LogP contribution in [-0.4, -0.2) is 101 Å². The molecule has 2 aliphatic carbocycles. The molecular weight excluding hydrogens is 883 g/mol.